The minimum atomic E-state index is 0.381. The molecule has 0 spiro atoms. The van der Waals surface area contributed by atoms with Gasteiger partial charge in [-0.3, -0.25) is 4.90 Å². The number of rotatable bonds is 6. The lowest BCUT2D eigenvalue weighted by Crippen LogP contribution is -2.47. The zero-order chi connectivity index (χ0) is 20.4. The van der Waals surface area contributed by atoms with Crippen molar-refractivity contribution in [2.45, 2.75) is 51.2 Å². The molecule has 2 aliphatic rings. The minimum Gasteiger partial charge on any atom is -0.493 e. The van der Waals surface area contributed by atoms with Crippen molar-refractivity contribution >= 4 is 12.2 Å². The molecule has 4 rings (SSSR count). The van der Waals surface area contributed by atoms with Crippen molar-refractivity contribution in [3.8, 4) is 28.7 Å². The molecule has 0 unspecified atom stereocenters. The average Bonchev–Trinajstić information content (AvgIpc) is 3.13. The molecule has 1 aliphatic carbocycles. The molecule has 1 aliphatic heterocycles. The molecule has 1 aromatic heterocycles. The van der Waals surface area contributed by atoms with E-state index in [-0.39, 0.29) is 0 Å². The molecule has 2 heterocycles. The molecule has 2 aromatic rings. The third-order valence-corrected chi connectivity index (χ3v) is 6.49. The van der Waals surface area contributed by atoms with Crippen LogP contribution >= 0.6 is 12.2 Å². The molecule has 8 heteroatoms. The fourth-order valence-electron chi connectivity index (χ4n) is 4.79. The number of benzene rings is 1. The highest BCUT2D eigenvalue weighted by Crippen LogP contribution is 2.41. The Morgan fingerprint density at radius 1 is 1.03 bits per heavy atom. The van der Waals surface area contributed by atoms with Crippen LogP contribution in [-0.2, 0) is 6.67 Å². The smallest absolute Gasteiger partial charge is 0.288 e. The first kappa shape index (κ1) is 20.2. The lowest BCUT2D eigenvalue weighted by Gasteiger charge is -2.43. The quantitative estimate of drug-likeness (QED) is 0.638. The van der Waals surface area contributed by atoms with Crippen LogP contribution in [0, 0.1) is 10.8 Å². The normalized spacial score (nSPS) is 22.2. The van der Waals surface area contributed by atoms with Gasteiger partial charge in [0.15, 0.2) is 11.5 Å². The number of ether oxygens (including phenoxy) is 3. The fraction of sp³-hybridized carbons (Fsp3) is 0.619. The summed E-state index contributed by atoms with van der Waals surface area (Å²) in [7, 11) is 4.76. The Labute approximate surface area is 176 Å². The van der Waals surface area contributed by atoms with Gasteiger partial charge in [0.05, 0.1) is 28.0 Å². The maximum absolute atomic E-state index is 5.84. The number of nitrogens with zero attached hydrogens (tertiary/aromatic N) is 3. The Morgan fingerprint density at radius 3 is 2.41 bits per heavy atom. The summed E-state index contributed by atoms with van der Waals surface area (Å²) in [6, 6.07) is 4.29. The monoisotopic (exact) mass is 419 g/mol. The van der Waals surface area contributed by atoms with Gasteiger partial charge in [0, 0.05) is 18.2 Å². The number of likely N-dealkylation sites (tertiary alicyclic amines) is 1. The van der Waals surface area contributed by atoms with Gasteiger partial charge >= 0.3 is 0 Å². The topological polar surface area (TPSA) is 61.9 Å². The second-order valence-electron chi connectivity index (χ2n) is 7.79. The number of hydrogen-bond acceptors (Lipinski definition) is 7. The Kier molecular flexibility index (Phi) is 6.10. The molecule has 1 aromatic carbocycles. The summed E-state index contributed by atoms with van der Waals surface area (Å²) in [4.78, 5) is 2.91. The van der Waals surface area contributed by atoms with Crippen LogP contribution in [0.5, 0.6) is 17.2 Å². The zero-order valence-electron chi connectivity index (χ0n) is 17.3. The third kappa shape index (κ3) is 4.00. The van der Waals surface area contributed by atoms with E-state index in [2.05, 4.69) is 10.00 Å². The number of piperidine rings is 1. The first-order chi connectivity index (χ1) is 14.1. The molecule has 2 atom stereocenters. The summed E-state index contributed by atoms with van der Waals surface area (Å²) < 4.78 is 23.9. The van der Waals surface area contributed by atoms with Crippen molar-refractivity contribution in [1.29, 1.82) is 0 Å². The fourth-order valence-corrected chi connectivity index (χ4v) is 4.97. The number of hydrogen-bond donors (Lipinski definition) is 0. The Bertz CT molecular complexity index is 883. The third-order valence-electron chi connectivity index (χ3n) is 6.19. The second kappa shape index (κ2) is 8.75. The predicted octanol–water partition coefficient (Wildman–Crippen LogP) is 4.51. The van der Waals surface area contributed by atoms with E-state index in [4.69, 9.17) is 30.8 Å². The van der Waals surface area contributed by atoms with Crippen molar-refractivity contribution in [2.75, 3.05) is 27.9 Å². The molecule has 0 radical (unpaired) electrons. The van der Waals surface area contributed by atoms with E-state index in [9.17, 15) is 0 Å². The van der Waals surface area contributed by atoms with Gasteiger partial charge < -0.3 is 18.6 Å². The summed E-state index contributed by atoms with van der Waals surface area (Å²) in [6.07, 6.45) is 7.90. The molecule has 29 heavy (non-hydrogen) atoms. The van der Waals surface area contributed by atoms with Gasteiger partial charge in [-0.25, -0.2) is 4.68 Å². The first-order valence-corrected chi connectivity index (χ1v) is 10.7. The summed E-state index contributed by atoms with van der Waals surface area (Å²) in [5, 5.41) is 4.67. The van der Waals surface area contributed by atoms with Crippen LogP contribution in [0.1, 0.15) is 38.5 Å². The summed E-state index contributed by atoms with van der Waals surface area (Å²) in [6.45, 7) is 1.77. The predicted molar refractivity (Wildman–Crippen MR) is 112 cm³/mol. The van der Waals surface area contributed by atoms with Crippen molar-refractivity contribution in [3.63, 3.8) is 0 Å². The van der Waals surface area contributed by atoms with Gasteiger partial charge in [0.1, 0.15) is 0 Å². The van der Waals surface area contributed by atoms with Crippen LogP contribution in [0.4, 0.5) is 0 Å². The summed E-state index contributed by atoms with van der Waals surface area (Å²) in [5.74, 6) is 2.91. The van der Waals surface area contributed by atoms with Gasteiger partial charge in [-0.15, -0.1) is 5.10 Å². The molecule has 158 valence electrons. The molecule has 7 nitrogen and oxygen atoms in total. The lowest BCUT2D eigenvalue weighted by atomic mass is 9.78. The van der Waals surface area contributed by atoms with Crippen molar-refractivity contribution in [2.24, 2.45) is 5.92 Å². The minimum absolute atomic E-state index is 0.381. The Balaban J connectivity index is 1.61. The van der Waals surface area contributed by atoms with Gasteiger partial charge in [-0.2, -0.15) is 0 Å². The van der Waals surface area contributed by atoms with E-state index in [1.807, 2.05) is 12.1 Å². The van der Waals surface area contributed by atoms with Crippen molar-refractivity contribution < 1.29 is 18.6 Å². The van der Waals surface area contributed by atoms with E-state index in [1.165, 1.54) is 38.5 Å². The van der Waals surface area contributed by atoms with Gasteiger partial charge in [0.2, 0.25) is 11.6 Å². The Morgan fingerprint density at radius 2 is 1.72 bits per heavy atom. The number of aromatic nitrogens is 2. The zero-order valence-corrected chi connectivity index (χ0v) is 18.2. The maximum atomic E-state index is 5.84. The van der Waals surface area contributed by atoms with Crippen LogP contribution in [0.25, 0.3) is 11.5 Å². The summed E-state index contributed by atoms with van der Waals surface area (Å²) in [5.41, 5.74) is 0.735. The standard InChI is InChI=1S/C21H29N3O4S/c1-25-17-11-15(12-18(26-2)19(17)27-3)20-22-24(21(29)28-20)13-23-10-6-8-14-7-4-5-9-16(14)23/h11-12,14,16H,4-10,13H2,1-3H3/t14-,16+/m1/s1. The highest BCUT2D eigenvalue weighted by atomic mass is 32.1. The number of methoxy groups -OCH3 is 3. The van der Waals surface area contributed by atoms with Crippen LogP contribution in [0.3, 0.4) is 0 Å². The van der Waals surface area contributed by atoms with E-state index in [0.29, 0.717) is 40.7 Å². The molecular weight excluding hydrogens is 390 g/mol. The molecule has 0 amide bonds. The van der Waals surface area contributed by atoms with E-state index in [1.54, 1.807) is 26.0 Å². The molecule has 0 N–H and O–H groups in total. The van der Waals surface area contributed by atoms with E-state index in [0.717, 1.165) is 18.0 Å². The SMILES string of the molecule is COc1cc(-c2nn(CN3CCC[C@H]4CCCC[C@@H]43)c(=S)o2)cc(OC)c1OC. The number of fused-ring (bicyclic) bond motifs is 1. The molecule has 1 saturated heterocycles. The summed E-state index contributed by atoms with van der Waals surface area (Å²) >= 11 is 5.48. The van der Waals surface area contributed by atoms with Crippen LogP contribution in [0.2, 0.25) is 0 Å². The van der Waals surface area contributed by atoms with Crippen LogP contribution in [0.15, 0.2) is 16.5 Å². The maximum Gasteiger partial charge on any atom is 0.288 e. The van der Waals surface area contributed by atoms with Gasteiger partial charge in [-0.1, -0.05) is 12.8 Å². The van der Waals surface area contributed by atoms with Gasteiger partial charge in [-0.05, 0) is 56.0 Å². The van der Waals surface area contributed by atoms with Crippen molar-refractivity contribution in [3.05, 3.63) is 17.0 Å². The second-order valence-corrected chi connectivity index (χ2v) is 8.14. The molecule has 2 fully saturated rings. The average molecular weight is 420 g/mol. The van der Waals surface area contributed by atoms with Crippen molar-refractivity contribution in [1.82, 2.24) is 14.7 Å². The Hall–Kier alpha value is -2.06. The van der Waals surface area contributed by atoms with Crippen LogP contribution < -0.4 is 14.2 Å². The van der Waals surface area contributed by atoms with Gasteiger partial charge in [0.25, 0.3) is 4.84 Å². The highest BCUT2D eigenvalue weighted by Gasteiger charge is 2.33. The largest absolute Gasteiger partial charge is 0.493 e. The van der Waals surface area contributed by atoms with Crippen LogP contribution in [-0.4, -0.2) is 48.6 Å². The molecular formula is C21H29N3O4S. The molecule has 1 saturated carbocycles. The highest BCUT2D eigenvalue weighted by molar-refractivity contribution is 7.71. The lowest BCUT2D eigenvalue weighted by molar-refractivity contribution is 0.0318. The first-order valence-electron chi connectivity index (χ1n) is 10.3. The van der Waals surface area contributed by atoms with E-state index >= 15 is 0 Å². The molecule has 0 bridgehead atoms. The van der Waals surface area contributed by atoms with E-state index < -0.39 is 0 Å².